The third-order valence-corrected chi connectivity index (χ3v) is 7.98. The van der Waals surface area contributed by atoms with Crippen molar-refractivity contribution < 1.29 is 19.1 Å². The van der Waals surface area contributed by atoms with Crippen LogP contribution in [0.25, 0.3) is 0 Å². The van der Waals surface area contributed by atoms with E-state index in [9.17, 15) is 9.59 Å². The van der Waals surface area contributed by atoms with Gasteiger partial charge in [0.15, 0.2) is 5.78 Å². The molecule has 25 heavy (non-hydrogen) atoms. The number of Topliss-reactive ketones (excluding diaryl/α,β-unsaturated/α-hetero) is 1. The average molecular weight is 410 g/mol. The lowest BCUT2D eigenvalue weighted by atomic mass is 9.64. The molecular weight excluding hydrogens is 386 g/mol. The summed E-state index contributed by atoms with van der Waals surface area (Å²) in [5.74, 6) is 1.16. The molecule has 2 aliphatic carbocycles. The number of amides is 1. The SMILES string of the molecule is COc1ccc(NC(=O)[C@]23CC[C@](C)(C(=O)[C@H]2Br)C3(C)C)c(OC)c1. The fraction of sp³-hybridized carbons (Fsp3) is 0.579. The van der Waals surface area contributed by atoms with E-state index in [1.165, 1.54) is 0 Å². The lowest BCUT2D eigenvalue weighted by molar-refractivity contribution is -0.130. The van der Waals surface area contributed by atoms with Crippen LogP contribution in [0.3, 0.4) is 0 Å². The molecule has 1 aromatic rings. The van der Waals surface area contributed by atoms with E-state index >= 15 is 0 Å². The lowest BCUT2D eigenvalue weighted by Crippen LogP contribution is -2.48. The first-order valence-corrected chi connectivity index (χ1v) is 9.29. The Morgan fingerprint density at radius 2 is 1.88 bits per heavy atom. The standard InChI is InChI=1S/C19H24BrNO4/c1-17(2)18(3)8-9-19(17,14(20)15(18)22)16(23)21-12-7-6-11(24-4)10-13(12)25-5/h6-7,10,14H,8-9H2,1-5H3,(H,21,23)/t14-,18-,19+/m1/s1. The van der Waals surface area contributed by atoms with Crippen molar-refractivity contribution in [1.82, 2.24) is 0 Å². The van der Waals surface area contributed by atoms with E-state index in [4.69, 9.17) is 9.47 Å². The van der Waals surface area contributed by atoms with Crippen molar-refractivity contribution in [3.63, 3.8) is 0 Å². The van der Waals surface area contributed by atoms with Crippen molar-refractivity contribution in [3.05, 3.63) is 18.2 Å². The van der Waals surface area contributed by atoms with Gasteiger partial charge in [-0.3, -0.25) is 9.59 Å². The number of ketones is 1. The number of alkyl halides is 1. The molecule has 1 N–H and O–H groups in total. The number of benzene rings is 1. The Morgan fingerprint density at radius 1 is 1.20 bits per heavy atom. The normalized spacial score (nSPS) is 32.6. The highest BCUT2D eigenvalue weighted by atomic mass is 79.9. The lowest BCUT2D eigenvalue weighted by Gasteiger charge is -2.39. The van der Waals surface area contributed by atoms with E-state index in [1.54, 1.807) is 32.4 Å². The first-order valence-electron chi connectivity index (χ1n) is 8.37. The zero-order chi connectivity index (χ0) is 18.6. The van der Waals surface area contributed by atoms with Gasteiger partial charge in [-0.1, -0.05) is 36.7 Å². The van der Waals surface area contributed by atoms with Gasteiger partial charge < -0.3 is 14.8 Å². The van der Waals surface area contributed by atoms with E-state index in [0.29, 0.717) is 23.6 Å². The van der Waals surface area contributed by atoms with E-state index in [2.05, 4.69) is 21.2 Å². The number of hydrogen-bond acceptors (Lipinski definition) is 4. The first-order chi connectivity index (χ1) is 11.7. The van der Waals surface area contributed by atoms with Crippen molar-refractivity contribution in [2.24, 2.45) is 16.2 Å². The van der Waals surface area contributed by atoms with Crippen LogP contribution in [0.15, 0.2) is 18.2 Å². The molecule has 1 amide bonds. The fourth-order valence-corrected chi connectivity index (χ4v) is 6.11. The largest absolute Gasteiger partial charge is 0.497 e. The predicted octanol–water partition coefficient (Wildman–Crippen LogP) is 3.80. The van der Waals surface area contributed by atoms with Crippen molar-refractivity contribution in [3.8, 4) is 11.5 Å². The number of carbonyl (C=O) groups excluding carboxylic acids is 2. The van der Waals surface area contributed by atoms with Gasteiger partial charge in [0.2, 0.25) is 5.91 Å². The highest BCUT2D eigenvalue weighted by Gasteiger charge is 2.76. The molecule has 0 aliphatic heterocycles. The number of rotatable bonds is 4. The average Bonchev–Trinajstić information content (AvgIpc) is 2.87. The summed E-state index contributed by atoms with van der Waals surface area (Å²) in [6, 6.07) is 5.25. The van der Waals surface area contributed by atoms with Gasteiger partial charge in [-0.05, 0) is 30.4 Å². The monoisotopic (exact) mass is 409 g/mol. The quantitative estimate of drug-likeness (QED) is 0.767. The molecule has 0 unspecified atom stereocenters. The summed E-state index contributed by atoms with van der Waals surface area (Å²) in [5, 5.41) is 3.00. The summed E-state index contributed by atoms with van der Waals surface area (Å²) in [7, 11) is 3.12. The summed E-state index contributed by atoms with van der Waals surface area (Å²) in [4.78, 5) is 25.7. The molecule has 5 nitrogen and oxygen atoms in total. The van der Waals surface area contributed by atoms with Gasteiger partial charge in [0, 0.05) is 11.5 Å². The zero-order valence-electron chi connectivity index (χ0n) is 15.2. The van der Waals surface area contributed by atoms with Gasteiger partial charge in [-0.15, -0.1) is 0 Å². The van der Waals surface area contributed by atoms with Crippen LogP contribution >= 0.6 is 15.9 Å². The molecular formula is C19H24BrNO4. The third kappa shape index (κ3) is 2.12. The minimum Gasteiger partial charge on any atom is -0.497 e. The molecule has 2 bridgehead atoms. The Balaban J connectivity index is 1.98. The molecule has 0 heterocycles. The number of carbonyl (C=O) groups is 2. The number of ether oxygens (including phenoxy) is 2. The second-order valence-corrected chi connectivity index (χ2v) is 8.59. The molecule has 2 saturated carbocycles. The number of halogens is 1. The highest BCUT2D eigenvalue weighted by molar-refractivity contribution is 9.10. The topological polar surface area (TPSA) is 64.6 Å². The van der Waals surface area contributed by atoms with Crippen LogP contribution in [0.1, 0.15) is 33.6 Å². The van der Waals surface area contributed by atoms with E-state index < -0.39 is 21.1 Å². The summed E-state index contributed by atoms with van der Waals surface area (Å²) < 4.78 is 10.6. The van der Waals surface area contributed by atoms with E-state index in [0.717, 1.165) is 6.42 Å². The number of fused-ring (bicyclic) bond motifs is 2. The van der Waals surface area contributed by atoms with Crippen LogP contribution in [0.5, 0.6) is 11.5 Å². The maximum Gasteiger partial charge on any atom is 0.232 e. The molecule has 136 valence electrons. The number of nitrogens with one attached hydrogen (secondary N) is 1. The van der Waals surface area contributed by atoms with Crippen LogP contribution in [-0.4, -0.2) is 30.7 Å². The Bertz CT molecular complexity index is 747. The molecule has 3 rings (SSSR count). The summed E-state index contributed by atoms with van der Waals surface area (Å²) in [6.07, 6.45) is 1.41. The van der Waals surface area contributed by atoms with Crippen LogP contribution in [0, 0.1) is 16.2 Å². The molecule has 0 spiro atoms. The first kappa shape index (κ1) is 18.2. The fourth-order valence-electron chi connectivity index (χ4n) is 4.59. The molecule has 6 heteroatoms. The van der Waals surface area contributed by atoms with Crippen molar-refractivity contribution in [1.29, 1.82) is 0 Å². The van der Waals surface area contributed by atoms with Crippen LogP contribution < -0.4 is 14.8 Å². The minimum atomic E-state index is -0.774. The predicted molar refractivity (Wildman–Crippen MR) is 99.5 cm³/mol. The van der Waals surface area contributed by atoms with Gasteiger partial charge >= 0.3 is 0 Å². The molecule has 2 fully saturated rings. The number of methoxy groups -OCH3 is 2. The summed E-state index contributed by atoms with van der Waals surface area (Å²) in [6.45, 7) is 6.05. The minimum absolute atomic E-state index is 0.126. The zero-order valence-corrected chi connectivity index (χ0v) is 16.8. The molecule has 0 saturated heterocycles. The second-order valence-electron chi connectivity index (χ2n) is 7.68. The number of hydrogen-bond donors (Lipinski definition) is 1. The van der Waals surface area contributed by atoms with Crippen molar-refractivity contribution in [2.75, 3.05) is 19.5 Å². The highest BCUT2D eigenvalue weighted by Crippen LogP contribution is 2.72. The van der Waals surface area contributed by atoms with Crippen LogP contribution in [-0.2, 0) is 9.59 Å². The Kier molecular flexibility index (Phi) is 4.18. The summed E-state index contributed by atoms with van der Waals surface area (Å²) in [5.41, 5.74) is -1.12. The summed E-state index contributed by atoms with van der Waals surface area (Å²) >= 11 is 3.54. The van der Waals surface area contributed by atoms with Crippen molar-refractivity contribution in [2.45, 2.75) is 38.4 Å². The molecule has 3 atom stereocenters. The number of anilines is 1. The van der Waals surface area contributed by atoms with Gasteiger partial charge in [0.25, 0.3) is 0 Å². The smallest absolute Gasteiger partial charge is 0.232 e. The molecule has 2 aliphatic rings. The van der Waals surface area contributed by atoms with Gasteiger partial charge in [0.05, 0.1) is 30.1 Å². The Labute approximate surface area is 156 Å². The van der Waals surface area contributed by atoms with Crippen LogP contribution in [0.2, 0.25) is 0 Å². The van der Waals surface area contributed by atoms with Crippen LogP contribution in [0.4, 0.5) is 5.69 Å². The maximum atomic E-state index is 13.4. The Hall–Kier alpha value is -1.56. The van der Waals surface area contributed by atoms with Gasteiger partial charge in [-0.2, -0.15) is 0 Å². The van der Waals surface area contributed by atoms with Crippen molar-refractivity contribution >= 4 is 33.3 Å². The Morgan fingerprint density at radius 3 is 2.40 bits per heavy atom. The van der Waals surface area contributed by atoms with Gasteiger partial charge in [-0.25, -0.2) is 0 Å². The van der Waals surface area contributed by atoms with E-state index in [-0.39, 0.29) is 11.7 Å². The van der Waals surface area contributed by atoms with Gasteiger partial charge in [0.1, 0.15) is 11.5 Å². The molecule has 0 aromatic heterocycles. The van der Waals surface area contributed by atoms with E-state index in [1.807, 2.05) is 20.8 Å². The molecule has 1 aromatic carbocycles. The maximum absolute atomic E-state index is 13.4. The molecule has 0 radical (unpaired) electrons. The second kappa shape index (κ2) is 5.73. The third-order valence-electron chi connectivity index (χ3n) is 6.78.